The molecule has 1 saturated carbocycles. The number of aryl methyl sites for hydroxylation is 1. The molecule has 0 saturated heterocycles. The Balaban J connectivity index is 1.27. The van der Waals surface area contributed by atoms with Crippen molar-refractivity contribution in [2.24, 2.45) is 5.92 Å². The van der Waals surface area contributed by atoms with E-state index in [9.17, 15) is 4.39 Å². The van der Waals surface area contributed by atoms with E-state index >= 15 is 0 Å². The van der Waals surface area contributed by atoms with Crippen LogP contribution in [0.25, 0.3) is 11.4 Å². The van der Waals surface area contributed by atoms with Crippen LogP contribution >= 0.6 is 0 Å². The highest BCUT2D eigenvalue weighted by Gasteiger charge is 2.13. The number of hydrogen-bond acceptors (Lipinski definition) is 3. The van der Waals surface area contributed by atoms with Crippen molar-refractivity contribution in [3.63, 3.8) is 0 Å². The molecule has 194 valence electrons. The largest absolute Gasteiger partial charge is 0.493 e. The molecule has 0 unspecified atom stereocenters. The van der Waals surface area contributed by atoms with Crippen molar-refractivity contribution in [3.8, 4) is 17.1 Å². The standard InChI is InChI=1S/C31H47FN2O/c1-2-3-8-17-29(32)22-23-35-30-20-18-28(19-21-30)31-33-24-27(25-34-31)16-10-7-5-4-6-9-13-26-14-11-12-15-26/h18-21,24-26,29H,2-17,22-23H2,1H3/t29-/m0/s1. The Morgan fingerprint density at radius 2 is 1.54 bits per heavy atom. The second-order valence-corrected chi connectivity index (χ2v) is 10.5. The van der Waals surface area contributed by atoms with E-state index in [1.807, 2.05) is 36.7 Å². The Bertz CT molecular complexity index is 787. The van der Waals surface area contributed by atoms with Crippen molar-refractivity contribution in [3.05, 3.63) is 42.2 Å². The van der Waals surface area contributed by atoms with Gasteiger partial charge in [-0.2, -0.15) is 0 Å². The maximum Gasteiger partial charge on any atom is 0.159 e. The zero-order valence-corrected chi connectivity index (χ0v) is 22.0. The van der Waals surface area contributed by atoms with Crippen LogP contribution in [0.15, 0.2) is 36.7 Å². The highest BCUT2D eigenvalue weighted by molar-refractivity contribution is 5.55. The third-order valence-electron chi connectivity index (χ3n) is 7.44. The molecule has 2 aromatic rings. The fourth-order valence-corrected chi connectivity index (χ4v) is 5.17. The van der Waals surface area contributed by atoms with Gasteiger partial charge in [-0.15, -0.1) is 0 Å². The smallest absolute Gasteiger partial charge is 0.159 e. The minimum atomic E-state index is -0.765. The summed E-state index contributed by atoms with van der Waals surface area (Å²) in [6.45, 7) is 2.55. The highest BCUT2D eigenvalue weighted by atomic mass is 19.1. The van der Waals surface area contributed by atoms with Crippen molar-refractivity contribution in [2.75, 3.05) is 6.61 Å². The first-order chi connectivity index (χ1) is 17.2. The number of halogens is 1. The van der Waals surface area contributed by atoms with Gasteiger partial charge >= 0.3 is 0 Å². The summed E-state index contributed by atoms with van der Waals surface area (Å²) < 4.78 is 19.6. The summed E-state index contributed by atoms with van der Waals surface area (Å²) >= 11 is 0. The molecule has 0 spiro atoms. The Kier molecular flexibility index (Phi) is 13.1. The molecule has 1 aromatic carbocycles. The molecular weight excluding hydrogens is 435 g/mol. The van der Waals surface area contributed by atoms with Gasteiger partial charge in [-0.25, -0.2) is 14.4 Å². The zero-order chi connectivity index (χ0) is 24.6. The van der Waals surface area contributed by atoms with Crippen LogP contribution in [0.5, 0.6) is 5.75 Å². The molecule has 1 aliphatic rings. The third-order valence-corrected chi connectivity index (χ3v) is 7.44. The van der Waals surface area contributed by atoms with E-state index < -0.39 is 6.17 Å². The van der Waals surface area contributed by atoms with Crippen LogP contribution in [-0.4, -0.2) is 22.7 Å². The average Bonchev–Trinajstić information content (AvgIpc) is 3.40. The van der Waals surface area contributed by atoms with Crippen LogP contribution in [0.2, 0.25) is 0 Å². The molecule has 1 heterocycles. The summed E-state index contributed by atoms with van der Waals surface area (Å²) in [6.07, 6.45) is 24.0. The highest BCUT2D eigenvalue weighted by Crippen LogP contribution is 2.29. The molecule has 1 aromatic heterocycles. The predicted molar refractivity (Wildman–Crippen MR) is 145 cm³/mol. The van der Waals surface area contributed by atoms with E-state index in [1.165, 1.54) is 76.2 Å². The molecule has 35 heavy (non-hydrogen) atoms. The second kappa shape index (κ2) is 16.7. The molecule has 0 radical (unpaired) electrons. The van der Waals surface area contributed by atoms with Crippen molar-refractivity contribution in [1.82, 2.24) is 9.97 Å². The zero-order valence-electron chi connectivity index (χ0n) is 22.0. The molecule has 1 aliphatic carbocycles. The summed E-state index contributed by atoms with van der Waals surface area (Å²) in [5.74, 6) is 2.55. The number of nitrogens with zero attached hydrogens (tertiary/aromatic N) is 2. The fraction of sp³-hybridized carbons (Fsp3) is 0.677. The molecule has 0 bridgehead atoms. The summed E-state index contributed by atoms with van der Waals surface area (Å²) in [5, 5.41) is 0. The van der Waals surface area contributed by atoms with Crippen molar-refractivity contribution in [1.29, 1.82) is 0 Å². The summed E-state index contributed by atoms with van der Waals surface area (Å²) in [4.78, 5) is 9.15. The Morgan fingerprint density at radius 1 is 0.857 bits per heavy atom. The number of aromatic nitrogens is 2. The van der Waals surface area contributed by atoms with Crippen LogP contribution < -0.4 is 4.74 Å². The van der Waals surface area contributed by atoms with Gasteiger partial charge in [0.1, 0.15) is 11.9 Å². The van der Waals surface area contributed by atoms with Gasteiger partial charge in [0.25, 0.3) is 0 Å². The molecule has 4 heteroatoms. The van der Waals surface area contributed by atoms with Crippen LogP contribution in [0, 0.1) is 5.92 Å². The first-order valence-corrected chi connectivity index (χ1v) is 14.4. The van der Waals surface area contributed by atoms with Crippen LogP contribution in [-0.2, 0) is 6.42 Å². The number of unbranched alkanes of at least 4 members (excludes halogenated alkanes) is 7. The first kappa shape index (κ1) is 27.6. The maximum absolute atomic E-state index is 13.9. The number of ether oxygens (including phenoxy) is 1. The number of hydrogen-bond donors (Lipinski definition) is 0. The second-order valence-electron chi connectivity index (χ2n) is 10.5. The van der Waals surface area contributed by atoms with E-state index in [0.717, 1.165) is 48.7 Å². The molecule has 0 amide bonds. The Labute approximate surface area is 213 Å². The topological polar surface area (TPSA) is 35.0 Å². The molecule has 0 N–H and O–H groups in total. The minimum Gasteiger partial charge on any atom is -0.493 e. The lowest BCUT2D eigenvalue weighted by molar-refractivity contribution is 0.223. The molecular formula is C31H47FN2O. The van der Waals surface area contributed by atoms with Crippen LogP contribution in [0.4, 0.5) is 4.39 Å². The quantitative estimate of drug-likeness (QED) is 0.199. The van der Waals surface area contributed by atoms with Gasteiger partial charge in [-0.05, 0) is 55.0 Å². The normalized spacial score (nSPS) is 14.9. The lowest BCUT2D eigenvalue weighted by atomic mass is 9.99. The number of rotatable bonds is 18. The predicted octanol–water partition coefficient (Wildman–Crippen LogP) is 9.29. The van der Waals surface area contributed by atoms with Crippen LogP contribution in [0.3, 0.4) is 0 Å². The van der Waals surface area contributed by atoms with Gasteiger partial charge < -0.3 is 4.74 Å². The lowest BCUT2D eigenvalue weighted by Gasteiger charge is -2.10. The maximum atomic E-state index is 13.9. The fourth-order valence-electron chi connectivity index (χ4n) is 5.17. The van der Waals surface area contributed by atoms with Crippen LogP contribution in [0.1, 0.15) is 115 Å². The van der Waals surface area contributed by atoms with E-state index in [4.69, 9.17) is 4.74 Å². The molecule has 3 rings (SSSR count). The SMILES string of the molecule is CCCCC[C@H](F)CCOc1ccc(-c2ncc(CCCCCCCCC3CCCC3)cn2)cc1. The number of alkyl halides is 1. The van der Waals surface area contributed by atoms with Gasteiger partial charge in [0, 0.05) is 24.4 Å². The average molecular weight is 483 g/mol. The van der Waals surface area contributed by atoms with Gasteiger partial charge in [0.05, 0.1) is 6.61 Å². The van der Waals surface area contributed by atoms with E-state index in [2.05, 4.69) is 16.9 Å². The molecule has 3 nitrogen and oxygen atoms in total. The Hall–Kier alpha value is -1.97. The van der Waals surface area contributed by atoms with Gasteiger partial charge in [0.2, 0.25) is 0 Å². The monoisotopic (exact) mass is 482 g/mol. The summed E-state index contributed by atoms with van der Waals surface area (Å²) in [6, 6.07) is 7.80. The van der Waals surface area contributed by atoms with Gasteiger partial charge in [-0.3, -0.25) is 0 Å². The lowest BCUT2D eigenvalue weighted by Crippen LogP contribution is -2.07. The summed E-state index contributed by atoms with van der Waals surface area (Å²) in [7, 11) is 0. The van der Waals surface area contributed by atoms with Crippen molar-refractivity contribution in [2.45, 2.75) is 122 Å². The summed E-state index contributed by atoms with van der Waals surface area (Å²) in [5.41, 5.74) is 2.19. The molecule has 0 aliphatic heterocycles. The van der Waals surface area contributed by atoms with Gasteiger partial charge in [0.15, 0.2) is 5.82 Å². The molecule has 1 fully saturated rings. The Morgan fingerprint density at radius 3 is 2.26 bits per heavy atom. The van der Waals surface area contributed by atoms with E-state index in [1.54, 1.807) is 0 Å². The third kappa shape index (κ3) is 11.1. The number of benzene rings is 1. The van der Waals surface area contributed by atoms with E-state index in [-0.39, 0.29) is 0 Å². The molecule has 1 atom stereocenters. The van der Waals surface area contributed by atoms with Gasteiger partial charge in [-0.1, -0.05) is 90.4 Å². The first-order valence-electron chi connectivity index (χ1n) is 14.4. The minimum absolute atomic E-state index is 0.415. The van der Waals surface area contributed by atoms with Crippen molar-refractivity contribution < 1.29 is 9.13 Å². The van der Waals surface area contributed by atoms with Crippen molar-refractivity contribution >= 4 is 0 Å². The van der Waals surface area contributed by atoms with E-state index in [0.29, 0.717) is 19.4 Å².